The van der Waals surface area contributed by atoms with Gasteiger partial charge in [0, 0.05) is 60.2 Å². The van der Waals surface area contributed by atoms with E-state index in [4.69, 9.17) is 0 Å². The summed E-state index contributed by atoms with van der Waals surface area (Å²) in [5, 5.41) is 1.04. The molecule has 2 saturated heterocycles. The third-order valence-corrected chi connectivity index (χ3v) is 6.44. The molecule has 2 aliphatic heterocycles. The van der Waals surface area contributed by atoms with E-state index in [-0.39, 0.29) is 23.1 Å². The minimum absolute atomic E-state index is 0.0369. The van der Waals surface area contributed by atoms with E-state index in [0.29, 0.717) is 31.7 Å². The van der Waals surface area contributed by atoms with Gasteiger partial charge in [-0.15, -0.1) is 0 Å². The predicted octanol–water partition coefficient (Wildman–Crippen LogP) is 3.42. The number of hydrogen-bond acceptors (Lipinski definition) is 2. The van der Waals surface area contributed by atoms with Gasteiger partial charge in [0.2, 0.25) is 5.91 Å². The average Bonchev–Trinajstić information content (AvgIpc) is 3.36. The van der Waals surface area contributed by atoms with Crippen LogP contribution in [0.25, 0.3) is 10.9 Å². The maximum absolute atomic E-state index is 13.3. The zero-order valence-electron chi connectivity index (χ0n) is 16.2. The van der Waals surface area contributed by atoms with Crippen molar-refractivity contribution >= 4 is 22.7 Å². The van der Waals surface area contributed by atoms with E-state index in [1.165, 1.54) is 11.6 Å². The number of amides is 2. The van der Waals surface area contributed by atoms with E-state index in [9.17, 15) is 9.59 Å². The molecule has 5 rings (SSSR count). The molecule has 146 valence electrons. The zero-order chi connectivity index (χ0) is 20.0. The van der Waals surface area contributed by atoms with Gasteiger partial charge in [0.25, 0.3) is 5.91 Å². The van der Waals surface area contributed by atoms with E-state index >= 15 is 0 Å². The summed E-state index contributed by atoms with van der Waals surface area (Å²) in [5.74, 6) is 0.238. The molecular formula is C24H23N3O2. The van der Waals surface area contributed by atoms with Crippen LogP contribution in [0.15, 0.2) is 73.4 Å². The first-order valence-corrected chi connectivity index (χ1v) is 9.92. The van der Waals surface area contributed by atoms with Crippen LogP contribution in [0.4, 0.5) is 0 Å². The van der Waals surface area contributed by atoms with Gasteiger partial charge in [0.15, 0.2) is 0 Å². The molecule has 0 radical (unpaired) electrons. The van der Waals surface area contributed by atoms with Crippen molar-refractivity contribution in [1.82, 2.24) is 14.8 Å². The van der Waals surface area contributed by atoms with Gasteiger partial charge in [-0.3, -0.25) is 9.59 Å². The van der Waals surface area contributed by atoms with E-state index < -0.39 is 0 Å². The Balaban J connectivity index is 1.44. The van der Waals surface area contributed by atoms with E-state index in [1.807, 2.05) is 58.5 Å². The standard InChI is InChI=1S/C24H23N3O2/c1-2-22(28)27-15-24(16-27)14-26(13-20(24)17-6-4-3-5-7-17)23(29)19-8-9-21-18(12-19)10-11-25-21/h2-12,20,25H,1,13-16H2/t20-/m1/s1. The van der Waals surface area contributed by atoms with Crippen molar-refractivity contribution in [3.05, 3.63) is 84.6 Å². The van der Waals surface area contributed by atoms with Crippen LogP contribution in [0.5, 0.6) is 0 Å². The number of likely N-dealkylation sites (tertiary alicyclic amines) is 2. The van der Waals surface area contributed by atoms with Crippen molar-refractivity contribution in [3.8, 4) is 0 Å². The fourth-order valence-electron chi connectivity index (χ4n) is 4.96. The molecule has 3 aromatic rings. The highest BCUT2D eigenvalue weighted by atomic mass is 16.2. The Hall–Kier alpha value is -3.34. The number of rotatable bonds is 3. The second-order valence-corrected chi connectivity index (χ2v) is 8.19. The third kappa shape index (κ3) is 2.85. The summed E-state index contributed by atoms with van der Waals surface area (Å²) in [4.78, 5) is 32.3. The summed E-state index contributed by atoms with van der Waals surface area (Å²) in [6.45, 7) is 6.27. The summed E-state index contributed by atoms with van der Waals surface area (Å²) < 4.78 is 0. The number of H-pyrrole nitrogens is 1. The van der Waals surface area contributed by atoms with Gasteiger partial charge in [0.1, 0.15) is 0 Å². The lowest BCUT2D eigenvalue weighted by molar-refractivity contribution is -0.137. The van der Waals surface area contributed by atoms with Gasteiger partial charge in [-0.05, 0) is 35.9 Å². The van der Waals surface area contributed by atoms with Gasteiger partial charge in [0.05, 0.1) is 0 Å². The quantitative estimate of drug-likeness (QED) is 0.703. The Bertz CT molecular complexity index is 1100. The average molecular weight is 385 g/mol. The number of fused-ring (bicyclic) bond motifs is 1. The highest BCUT2D eigenvalue weighted by Crippen LogP contribution is 2.49. The monoisotopic (exact) mass is 385 g/mol. The van der Waals surface area contributed by atoms with Crippen LogP contribution in [0.2, 0.25) is 0 Å². The second kappa shape index (κ2) is 6.62. The number of carbonyl (C=O) groups excluding carboxylic acids is 2. The molecule has 5 nitrogen and oxygen atoms in total. The van der Waals surface area contributed by atoms with Crippen LogP contribution < -0.4 is 0 Å². The van der Waals surface area contributed by atoms with Gasteiger partial charge in [-0.1, -0.05) is 36.9 Å². The molecule has 2 aliphatic rings. The SMILES string of the molecule is C=CC(=O)N1CC2(C1)CN(C(=O)c1ccc3[nH]ccc3c1)C[C@@H]2c1ccccc1. The summed E-state index contributed by atoms with van der Waals surface area (Å²) in [5.41, 5.74) is 2.88. The Morgan fingerprint density at radius 2 is 1.79 bits per heavy atom. The molecule has 0 unspecified atom stereocenters. The van der Waals surface area contributed by atoms with Crippen molar-refractivity contribution < 1.29 is 9.59 Å². The van der Waals surface area contributed by atoms with Crippen LogP contribution in [-0.2, 0) is 4.79 Å². The molecule has 1 spiro atoms. The first-order valence-electron chi connectivity index (χ1n) is 9.92. The predicted molar refractivity (Wildman–Crippen MR) is 113 cm³/mol. The van der Waals surface area contributed by atoms with Gasteiger partial charge >= 0.3 is 0 Å². The normalized spacial score (nSPS) is 20.1. The maximum atomic E-state index is 13.3. The molecule has 1 atom stereocenters. The van der Waals surface area contributed by atoms with Crippen LogP contribution in [0, 0.1) is 5.41 Å². The molecule has 1 N–H and O–H groups in total. The van der Waals surface area contributed by atoms with Crippen LogP contribution in [0.1, 0.15) is 21.8 Å². The van der Waals surface area contributed by atoms with Crippen molar-refractivity contribution in [1.29, 1.82) is 0 Å². The molecule has 2 fully saturated rings. The number of nitrogens with one attached hydrogen (secondary N) is 1. The lowest BCUT2D eigenvalue weighted by atomic mass is 9.69. The number of nitrogens with zero attached hydrogens (tertiary/aromatic N) is 2. The minimum Gasteiger partial charge on any atom is -0.361 e. The maximum Gasteiger partial charge on any atom is 0.253 e. The largest absolute Gasteiger partial charge is 0.361 e. The van der Waals surface area contributed by atoms with Crippen molar-refractivity contribution in [3.63, 3.8) is 0 Å². The van der Waals surface area contributed by atoms with E-state index in [2.05, 4.69) is 23.7 Å². The summed E-state index contributed by atoms with van der Waals surface area (Å²) >= 11 is 0. The first-order chi connectivity index (χ1) is 14.1. The van der Waals surface area contributed by atoms with Gasteiger partial charge < -0.3 is 14.8 Å². The highest BCUT2D eigenvalue weighted by Gasteiger charge is 2.56. The van der Waals surface area contributed by atoms with E-state index in [1.54, 1.807) is 0 Å². The van der Waals surface area contributed by atoms with Gasteiger partial charge in [-0.2, -0.15) is 0 Å². The number of carbonyl (C=O) groups is 2. The van der Waals surface area contributed by atoms with Crippen LogP contribution in [0.3, 0.4) is 0 Å². The Morgan fingerprint density at radius 1 is 1.03 bits per heavy atom. The molecule has 29 heavy (non-hydrogen) atoms. The smallest absolute Gasteiger partial charge is 0.253 e. The molecule has 0 bridgehead atoms. The van der Waals surface area contributed by atoms with E-state index in [0.717, 1.165) is 10.9 Å². The molecule has 2 aromatic carbocycles. The van der Waals surface area contributed by atoms with Crippen LogP contribution >= 0.6 is 0 Å². The Kier molecular flexibility index (Phi) is 4.05. The lowest BCUT2D eigenvalue weighted by Gasteiger charge is -2.50. The number of benzene rings is 2. The first kappa shape index (κ1) is 17.7. The molecule has 0 aliphatic carbocycles. The van der Waals surface area contributed by atoms with Crippen molar-refractivity contribution in [2.75, 3.05) is 26.2 Å². The summed E-state index contributed by atoms with van der Waals surface area (Å²) in [6.07, 6.45) is 3.25. The van der Waals surface area contributed by atoms with Crippen LogP contribution in [-0.4, -0.2) is 52.8 Å². The number of hydrogen-bond donors (Lipinski definition) is 1. The zero-order valence-corrected chi connectivity index (χ0v) is 16.2. The number of aromatic amines is 1. The minimum atomic E-state index is -0.0894. The fourth-order valence-corrected chi connectivity index (χ4v) is 4.96. The molecule has 0 saturated carbocycles. The van der Waals surface area contributed by atoms with Gasteiger partial charge in [-0.25, -0.2) is 0 Å². The second-order valence-electron chi connectivity index (χ2n) is 8.19. The Morgan fingerprint density at radius 3 is 2.55 bits per heavy atom. The number of aromatic nitrogens is 1. The fraction of sp³-hybridized carbons (Fsp3) is 0.250. The topological polar surface area (TPSA) is 56.4 Å². The molecular weight excluding hydrogens is 362 g/mol. The van der Waals surface area contributed by atoms with Crippen molar-refractivity contribution in [2.45, 2.75) is 5.92 Å². The molecule has 2 amide bonds. The summed E-state index contributed by atoms with van der Waals surface area (Å²) in [6, 6.07) is 18.1. The molecule has 3 heterocycles. The Labute approximate surface area is 169 Å². The van der Waals surface area contributed by atoms with Crippen molar-refractivity contribution in [2.24, 2.45) is 5.41 Å². The molecule has 1 aromatic heterocycles. The summed E-state index contributed by atoms with van der Waals surface area (Å²) in [7, 11) is 0. The lowest BCUT2D eigenvalue weighted by Crippen LogP contribution is -2.61. The third-order valence-electron chi connectivity index (χ3n) is 6.44. The highest BCUT2D eigenvalue weighted by molar-refractivity contribution is 5.98. The molecule has 5 heteroatoms.